The Balaban J connectivity index is 1.63. The smallest absolute Gasteiger partial charge is 0.335 e. The van der Waals surface area contributed by atoms with Gasteiger partial charge in [0, 0.05) is 28.7 Å². The van der Waals surface area contributed by atoms with E-state index < -0.39 is 5.97 Å². The fourth-order valence-corrected chi connectivity index (χ4v) is 4.65. The Morgan fingerprint density at radius 2 is 1.97 bits per heavy atom. The molecular formula is C26H20FN5O2. The predicted molar refractivity (Wildman–Crippen MR) is 128 cm³/mol. The molecular weight excluding hydrogens is 433 g/mol. The Hall–Kier alpha value is -4.33. The number of hydrogen-bond donors (Lipinski definition) is 2. The molecule has 3 heterocycles. The molecule has 1 aliphatic rings. The van der Waals surface area contributed by atoms with Crippen LogP contribution in [0.25, 0.3) is 33.2 Å². The van der Waals surface area contributed by atoms with Crippen molar-refractivity contribution in [2.24, 2.45) is 0 Å². The Bertz CT molecular complexity index is 1610. The van der Waals surface area contributed by atoms with Gasteiger partial charge in [-0.15, -0.1) is 0 Å². The summed E-state index contributed by atoms with van der Waals surface area (Å²) in [5, 5.41) is 17.7. The van der Waals surface area contributed by atoms with E-state index in [0.717, 1.165) is 34.3 Å². The molecule has 0 saturated heterocycles. The van der Waals surface area contributed by atoms with E-state index >= 15 is 0 Å². The average Bonchev–Trinajstić information content (AvgIpc) is 3.23. The number of nitrogens with one attached hydrogen (secondary N) is 1. The van der Waals surface area contributed by atoms with Crippen molar-refractivity contribution in [3.63, 3.8) is 0 Å². The maximum atomic E-state index is 14.6. The highest BCUT2D eigenvalue weighted by atomic mass is 19.1. The second-order valence-corrected chi connectivity index (χ2v) is 8.47. The number of halogens is 1. The third-order valence-corrected chi connectivity index (χ3v) is 6.37. The van der Waals surface area contributed by atoms with Crippen molar-refractivity contribution in [3.05, 3.63) is 77.2 Å². The average molecular weight is 453 g/mol. The number of carboxylic acids is 1. The molecule has 0 fully saturated rings. The number of benzene rings is 3. The first-order valence-electron chi connectivity index (χ1n) is 11.0. The summed E-state index contributed by atoms with van der Waals surface area (Å²) in [5.41, 5.74) is 5.92. The van der Waals surface area contributed by atoms with Gasteiger partial charge < -0.3 is 10.0 Å². The van der Waals surface area contributed by atoms with Crippen molar-refractivity contribution < 1.29 is 14.3 Å². The van der Waals surface area contributed by atoms with Crippen LogP contribution in [0.15, 0.2) is 54.6 Å². The van der Waals surface area contributed by atoms with Crippen molar-refractivity contribution in [3.8, 4) is 11.3 Å². The second-order valence-electron chi connectivity index (χ2n) is 8.47. The Kier molecular flexibility index (Phi) is 4.55. The van der Waals surface area contributed by atoms with Crippen LogP contribution in [0.5, 0.6) is 0 Å². The molecule has 0 spiro atoms. The summed E-state index contributed by atoms with van der Waals surface area (Å²) in [6.07, 6.45) is 1.42. The van der Waals surface area contributed by atoms with E-state index in [-0.39, 0.29) is 11.4 Å². The second kappa shape index (κ2) is 7.62. The van der Waals surface area contributed by atoms with Crippen molar-refractivity contribution in [1.29, 1.82) is 0 Å². The van der Waals surface area contributed by atoms with Gasteiger partial charge in [0.2, 0.25) is 0 Å². The Labute approximate surface area is 193 Å². The molecule has 0 bridgehead atoms. The number of hydrogen-bond acceptors (Lipinski definition) is 5. The summed E-state index contributed by atoms with van der Waals surface area (Å²) < 4.78 is 14.6. The molecule has 34 heavy (non-hydrogen) atoms. The molecule has 7 nitrogen and oxygen atoms in total. The van der Waals surface area contributed by atoms with E-state index in [0.29, 0.717) is 41.1 Å². The van der Waals surface area contributed by atoms with Gasteiger partial charge in [0.05, 0.1) is 27.8 Å². The minimum atomic E-state index is -1.03. The lowest BCUT2D eigenvalue weighted by atomic mass is 10.00. The lowest BCUT2D eigenvalue weighted by Crippen LogP contribution is -2.27. The van der Waals surface area contributed by atoms with Gasteiger partial charge in [-0.25, -0.2) is 19.2 Å². The number of nitrogens with zero attached hydrogens (tertiary/aromatic N) is 4. The maximum Gasteiger partial charge on any atom is 0.335 e. The first-order chi connectivity index (χ1) is 16.5. The monoisotopic (exact) mass is 453 g/mol. The van der Waals surface area contributed by atoms with Crippen molar-refractivity contribution in [1.82, 2.24) is 20.2 Å². The normalized spacial score (nSPS) is 13.4. The van der Waals surface area contributed by atoms with Crippen LogP contribution in [-0.4, -0.2) is 37.8 Å². The van der Waals surface area contributed by atoms with Crippen LogP contribution in [0, 0.1) is 12.7 Å². The number of carboxylic acid groups (broad SMARTS) is 1. The van der Waals surface area contributed by atoms with Crippen molar-refractivity contribution in [2.75, 3.05) is 11.4 Å². The van der Waals surface area contributed by atoms with Crippen LogP contribution in [-0.2, 0) is 6.42 Å². The molecule has 5 aromatic rings. The SMILES string of the molecule is Cc1n[nH]c2ccc(-c3nc4ccc(C(=O)O)cc4nc3N3CCCc4c(F)cccc43)cc12. The van der Waals surface area contributed by atoms with Gasteiger partial charge in [-0.1, -0.05) is 12.1 Å². The summed E-state index contributed by atoms with van der Waals surface area (Å²) >= 11 is 0. The molecule has 0 aliphatic carbocycles. The van der Waals surface area contributed by atoms with Gasteiger partial charge in [-0.3, -0.25) is 5.10 Å². The number of fused-ring (bicyclic) bond motifs is 3. The number of aromatic nitrogens is 4. The maximum absolute atomic E-state index is 14.6. The molecule has 0 radical (unpaired) electrons. The Morgan fingerprint density at radius 3 is 2.82 bits per heavy atom. The zero-order chi connectivity index (χ0) is 23.4. The summed E-state index contributed by atoms with van der Waals surface area (Å²) in [6.45, 7) is 2.59. The van der Waals surface area contributed by atoms with Gasteiger partial charge in [0.1, 0.15) is 11.5 Å². The van der Waals surface area contributed by atoms with Crippen LogP contribution < -0.4 is 4.90 Å². The topological polar surface area (TPSA) is 95.0 Å². The van der Waals surface area contributed by atoms with E-state index in [4.69, 9.17) is 9.97 Å². The number of anilines is 2. The van der Waals surface area contributed by atoms with E-state index in [2.05, 4.69) is 10.2 Å². The molecule has 0 amide bonds. The van der Waals surface area contributed by atoms with Gasteiger partial charge in [0.25, 0.3) is 0 Å². The summed E-state index contributed by atoms with van der Waals surface area (Å²) in [7, 11) is 0. The zero-order valence-corrected chi connectivity index (χ0v) is 18.3. The van der Waals surface area contributed by atoms with E-state index in [1.165, 1.54) is 18.2 Å². The molecule has 6 rings (SSSR count). The summed E-state index contributed by atoms with van der Waals surface area (Å²) in [5.74, 6) is -0.691. The van der Waals surface area contributed by atoms with Crippen LogP contribution >= 0.6 is 0 Å². The zero-order valence-electron chi connectivity index (χ0n) is 18.3. The predicted octanol–water partition coefficient (Wildman–Crippen LogP) is 5.40. The quantitative estimate of drug-likeness (QED) is 0.380. The van der Waals surface area contributed by atoms with E-state index in [1.54, 1.807) is 12.1 Å². The van der Waals surface area contributed by atoms with Crippen LogP contribution in [0.3, 0.4) is 0 Å². The molecule has 3 aromatic carbocycles. The molecule has 2 aromatic heterocycles. The number of aromatic carboxylic acids is 1. The lowest BCUT2D eigenvalue weighted by molar-refractivity contribution is 0.0697. The largest absolute Gasteiger partial charge is 0.478 e. The van der Waals surface area contributed by atoms with Crippen molar-refractivity contribution >= 4 is 39.4 Å². The molecule has 0 saturated carbocycles. The highest BCUT2D eigenvalue weighted by Gasteiger charge is 2.26. The minimum Gasteiger partial charge on any atom is -0.478 e. The van der Waals surface area contributed by atoms with Gasteiger partial charge in [0.15, 0.2) is 5.82 Å². The standard InChI is InChI=1S/C26H20FN5O2/c1-14-18-12-15(7-9-20(18)31-30-14)24-25(29-22-13-16(26(33)34)8-10-21(22)28-24)32-11-3-4-17-19(27)5-2-6-23(17)32/h2,5-10,12-13H,3-4,11H2,1H3,(H,30,31)(H,33,34). The molecule has 8 heteroatoms. The van der Waals surface area contributed by atoms with Gasteiger partial charge >= 0.3 is 5.97 Å². The molecule has 0 atom stereocenters. The van der Waals surface area contributed by atoms with E-state index in [9.17, 15) is 14.3 Å². The van der Waals surface area contributed by atoms with Crippen LogP contribution in [0.4, 0.5) is 15.9 Å². The number of aryl methyl sites for hydroxylation is 1. The summed E-state index contributed by atoms with van der Waals surface area (Å²) in [4.78, 5) is 23.3. The van der Waals surface area contributed by atoms with Crippen LogP contribution in [0.2, 0.25) is 0 Å². The highest BCUT2D eigenvalue weighted by Crippen LogP contribution is 2.39. The highest BCUT2D eigenvalue weighted by molar-refractivity contribution is 5.95. The molecule has 2 N–H and O–H groups in total. The number of rotatable bonds is 3. The number of carbonyl (C=O) groups is 1. The minimum absolute atomic E-state index is 0.140. The van der Waals surface area contributed by atoms with Gasteiger partial charge in [-0.05, 0) is 62.2 Å². The number of H-pyrrole nitrogens is 1. The third-order valence-electron chi connectivity index (χ3n) is 6.37. The van der Waals surface area contributed by atoms with E-state index in [1.807, 2.05) is 36.1 Å². The summed E-state index contributed by atoms with van der Waals surface area (Å²) in [6, 6.07) is 15.7. The molecule has 0 unspecified atom stereocenters. The first-order valence-corrected chi connectivity index (χ1v) is 11.0. The fraction of sp³-hybridized carbons (Fsp3) is 0.154. The number of aromatic amines is 1. The molecule has 1 aliphatic heterocycles. The lowest BCUT2D eigenvalue weighted by Gasteiger charge is -2.31. The van der Waals surface area contributed by atoms with Gasteiger partial charge in [-0.2, -0.15) is 5.10 Å². The van der Waals surface area contributed by atoms with Crippen molar-refractivity contribution in [2.45, 2.75) is 19.8 Å². The van der Waals surface area contributed by atoms with Crippen LogP contribution in [0.1, 0.15) is 28.0 Å². The molecule has 168 valence electrons. The fourth-order valence-electron chi connectivity index (χ4n) is 4.65. The Morgan fingerprint density at radius 1 is 1.09 bits per heavy atom. The third kappa shape index (κ3) is 3.18. The first kappa shape index (κ1) is 20.3.